The van der Waals surface area contributed by atoms with Gasteiger partial charge in [0.25, 0.3) is 5.91 Å². The van der Waals surface area contributed by atoms with E-state index in [2.05, 4.69) is 10.6 Å². The number of rotatable bonds is 5. The Bertz CT molecular complexity index is 894. The maximum Gasteiger partial charge on any atom is 0.324 e. The summed E-state index contributed by atoms with van der Waals surface area (Å²) in [6.45, 7) is 1.38. The predicted molar refractivity (Wildman–Crippen MR) is 93.9 cm³/mol. The predicted octanol–water partition coefficient (Wildman–Crippen LogP) is 3.16. The van der Waals surface area contributed by atoms with E-state index in [9.17, 15) is 19.7 Å². The lowest BCUT2D eigenvalue weighted by atomic mass is 10.2. The Balaban J connectivity index is 2.11. The molecule has 9 heteroatoms. The largest absolute Gasteiger partial charge is 0.326 e. The van der Waals surface area contributed by atoms with E-state index in [0.717, 1.165) is 11.3 Å². The summed E-state index contributed by atoms with van der Waals surface area (Å²) >= 11 is 0.869. The van der Waals surface area contributed by atoms with Gasteiger partial charge in [0.05, 0.1) is 4.92 Å². The fraction of sp³-hybridized carbons (Fsp3) is 0.0625. The van der Waals surface area contributed by atoms with Gasteiger partial charge in [-0.2, -0.15) is 5.26 Å². The second-order valence-electron chi connectivity index (χ2n) is 4.82. The molecular weight excluding hydrogens is 344 g/mol. The SMILES string of the molecule is CC(=O)Nc1ccc(NC(=O)/C(C#N)=C/c2ccc([N+](=O)[O-])s2)cc1. The Morgan fingerprint density at radius 3 is 2.24 bits per heavy atom. The van der Waals surface area contributed by atoms with Crippen LogP contribution in [-0.2, 0) is 9.59 Å². The van der Waals surface area contributed by atoms with E-state index >= 15 is 0 Å². The van der Waals surface area contributed by atoms with Gasteiger partial charge in [-0.05, 0) is 36.4 Å². The van der Waals surface area contributed by atoms with Crippen molar-refractivity contribution in [1.29, 1.82) is 5.26 Å². The van der Waals surface area contributed by atoms with Crippen molar-refractivity contribution in [2.24, 2.45) is 0 Å². The molecule has 0 unspecified atom stereocenters. The molecule has 2 amide bonds. The van der Waals surface area contributed by atoms with E-state index in [1.807, 2.05) is 0 Å². The molecule has 0 spiro atoms. The number of nitrogens with one attached hydrogen (secondary N) is 2. The molecule has 1 aromatic carbocycles. The summed E-state index contributed by atoms with van der Waals surface area (Å²) in [5.41, 5.74) is 0.840. The third-order valence-electron chi connectivity index (χ3n) is 2.91. The maximum absolute atomic E-state index is 12.2. The summed E-state index contributed by atoms with van der Waals surface area (Å²) < 4.78 is 0. The standard InChI is InChI=1S/C16H12N4O4S/c1-10(21)18-12-2-4-13(5-3-12)19-16(22)11(9-17)8-14-6-7-15(25-14)20(23)24/h2-8H,1H3,(H,18,21)(H,19,22)/b11-8+. The maximum atomic E-state index is 12.2. The number of carbonyl (C=O) groups is 2. The van der Waals surface area contributed by atoms with Crippen LogP contribution in [0.5, 0.6) is 0 Å². The van der Waals surface area contributed by atoms with Gasteiger partial charge in [0.2, 0.25) is 5.91 Å². The van der Waals surface area contributed by atoms with Gasteiger partial charge in [-0.1, -0.05) is 11.3 Å². The first-order valence-corrected chi connectivity index (χ1v) is 7.75. The Kier molecular flexibility index (Phi) is 5.60. The highest BCUT2D eigenvalue weighted by atomic mass is 32.1. The lowest BCUT2D eigenvalue weighted by Gasteiger charge is -2.06. The Labute approximate surface area is 146 Å². The van der Waals surface area contributed by atoms with Crippen molar-refractivity contribution in [3.8, 4) is 6.07 Å². The Morgan fingerprint density at radius 1 is 1.16 bits per heavy atom. The summed E-state index contributed by atoms with van der Waals surface area (Å²) in [7, 11) is 0. The fourth-order valence-corrected chi connectivity index (χ4v) is 2.61. The van der Waals surface area contributed by atoms with Crippen molar-refractivity contribution in [2.75, 3.05) is 10.6 Å². The fourth-order valence-electron chi connectivity index (χ4n) is 1.85. The molecule has 2 N–H and O–H groups in total. The number of nitriles is 1. The molecular formula is C16H12N4O4S. The van der Waals surface area contributed by atoms with Crippen LogP contribution < -0.4 is 10.6 Å². The number of amides is 2. The minimum atomic E-state index is -0.633. The van der Waals surface area contributed by atoms with Crippen molar-refractivity contribution in [3.63, 3.8) is 0 Å². The van der Waals surface area contributed by atoms with Gasteiger partial charge < -0.3 is 10.6 Å². The second kappa shape index (κ2) is 7.85. The van der Waals surface area contributed by atoms with E-state index in [1.54, 1.807) is 30.3 Å². The molecule has 0 saturated heterocycles. The topological polar surface area (TPSA) is 125 Å². The molecule has 0 fully saturated rings. The second-order valence-corrected chi connectivity index (χ2v) is 5.91. The molecule has 25 heavy (non-hydrogen) atoms. The Morgan fingerprint density at radius 2 is 1.76 bits per heavy atom. The highest BCUT2D eigenvalue weighted by Gasteiger charge is 2.13. The number of thiophene rings is 1. The van der Waals surface area contributed by atoms with E-state index in [0.29, 0.717) is 16.3 Å². The van der Waals surface area contributed by atoms with Gasteiger partial charge in [0, 0.05) is 29.2 Å². The van der Waals surface area contributed by atoms with Crippen molar-refractivity contribution in [3.05, 3.63) is 57.0 Å². The zero-order valence-electron chi connectivity index (χ0n) is 13.0. The number of hydrogen-bond donors (Lipinski definition) is 2. The monoisotopic (exact) mass is 356 g/mol. The van der Waals surface area contributed by atoms with Crippen molar-refractivity contribution >= 4 is 45.6 Å². The molecule has 0 bridgehead atoms. The van der Waals surface area contributed by atoms with Crippen molar-refractivity contribution < 1.29 is 14.5 Å². The molecule has 0 aliphatic rings. The minimum Gasteiger partial charge on any atom is -0.326 e. The molecule has 0 aliphatic heterocycles. The quantitative estimate of drug-likeness (QED) is 0.368. The normalized spacial score (nSPS) is 10.6. The van der Waals surface area contributed by atoms with Gasteiger partial charge in [0.1, 0.15) is 11.6 Å². The molecule has 0 radical (unpaired) electrons. The Hall–Kier alpha value is -3.51. The van der Waals surface area contributed by atoms with Crippen molar-refractivity contribution in [2.45, 2.75) is 6.92 Å². The molecule has 0 aliphatic carbocycles. The summed E-state index contributed by atoms with van der Waals surface area (Å²) in [5, 5.41) is 24.9. The number of benzene rings is 1. The van der Waals surface area contributed by atoms with E-state index < -0.39 is 10.8 Å². The van der Waals surface area contributed by atoms with E-state index in [4.69, 9.17) is 5.26 Å². The number of nitro groups is 1. The number of hydrogen-bond acceptors (Lipinski definition) is 6. The molecule has 2 aromatic rings. The lowest BCUT2D eigenvalue weighted by Crippen LogP contribution is -2.13. The van der Waals surface area contributed by atoms with Crippen LogP contribution >= 0.6 is 11.3 Å². The number of carbonyl (C=O) groups excluding carboxylic acids is 2. The average molecular weight is 356 g/mol. The smallest absolute Gasteiger partial charge is 0.324 e. The molecule has 8 nitrogen and oxygen atoms in total. The first-order chi connectivity index (χ1) is 11.9. The van der Waals surface area contributed by atoms with Gasteiger partial charge in [-0.25, -0.2) is 0 Å². The summed E-state index contributed by atoms with van der Waals surface area (Å²) in [6.07, 6.45) is 1.29. The van der Waals surface area contributed by atoms with Gasteiger partial charge in [-0.15, -0.1) is 0 Å². The highest BCUT2D eigenvalue weighted by Crippen LogP contribution is 2.26. The van der Waals surface area contributed by atoms with Crippen LogP contribution in [-0.4, -0.2) is 16.7 Å². The van der Waals surface area contributed by atoms with Crippen LogP contribution in [0.2, 0.25) is 0 Å². The zero-order valence-corrected chi connectivity index (χ0v) is 13.8. The third kappa shape index (κ3) is 4.98. The highest BCUT2D eigenvalue weighted by molar-refractivity contribution is 7.16. The number of nitrogens with zero attached hydrogens (tertiary/aromatic N) is 2. The molecule has 126 valence electrons. The van der Waals surface area contributed by atoms with Crippen LogP contribution in [0.25, 0.3) is 6.08 Å². The molecule has 1 aromatic heterocycles. The van der Waals surface area contributed by atoms with Crippen LogP contribution in [0, 0.1) is 21.4 Å². The van der Waals surface area contributed by atoms with Crippen molar-refractivity contribution in [1.82, 2.24) is 0 Å². The van der Waals surface area contributed by atoms with Gasteiger partial charge in [0.15, 0.2) is 0 Å². The summed E-state index contributed by atoms with van der Waals surface area (Å²) in [4.78, 5) is 33.7. The summed E-state index contributed by atoms with van der Waals surface area (Å²) in [6, 6.07) is 10.9. The molecule has 0 saturated carbocycles. The molecule has 0 atom stereocenters. The van der Waals surface area contributed by atoms with E-state index in [-0.39, 0.29) is 16.5 Å². The number of anilines is 2. The summed E-state index contributed by atoms with van der Waals surface area (Å²) in [5.74, 6) is -0.845. The van der Waals surface area contributed by atoms with Gasteiger partial charge >= 0.3 is 5.00 Å². The lowest BCUT2D eigenvalue weighted by molar-refractivity contribution is -0.380. The minimum absolute atomic E-state index is 0.0718. The van der Waals surface area contributed by atoms with Crippen LogP contribution in [0.4, 0.5) is 16.4 Å². The molecule has 1 heterocycles. The average Bonchev–Trinajstić information content (AvgIpc) is 3.03. The molecule has 2 rings (SSSR count). The van der Waals surface area contributed by atoms with Gasteiger partial charge in [-0.3, -0.25) is 19.7 Å². The zero-order chi connectivity index (χ0) is 18.4. The third-order valence-corrected chi connectivity index (χ3v) is 3.89. The first kappa shape index (κ1) is 17.8. The van der Waals surface area contributed by atoms with Crippen LogP contribution in [0.1, 0.15) is 11.8 Å². The first-order valence-electron chi connectivity index (χ1n) is 6.94. The van der Waals surface area contributed by atoms with Crippen LogP contribution in [0.3, 0.4) is 0 Å². The van der Waals surface area contributed by atoms with Crippen LogP contribution in [0.15, 0.2) is 42.0 Å². The van der Waals surface area contributed by atoms with E-state index in [1.165, 1.54) is 25.1 Å².